The van der Waals surface area contributed by atoms with Gasteiger partial charge in [0.2, 0.25) is 0 Å². The Balaban J connectivity index is 1.94. The first-order chi connectivity index (χ1) is 8.80. The second-order valence-corrected chi connectivity index (χ2v) is 5.03. The average Bonchev–Trinajstić information content (AvgIpc) is 2.36. The summed E-state index contributed by atoms with van der Waals surface area (Å²) in [6.07, 6.45) is 0.891. The Morgan fingerprint density at radius 3 is 2.22 bits per heavy atom. The fourth-order valence-electron chi connectivity index (χ4n) is 2.72. The number of nitrogens with one attached hydrogen (secondary N) is 1. The van der Waals surface area contributed by atoms with Gasteiger partial charge in [0.15, 0.2) is 0 Å². The third-order valence-corrected chi connectivity index (χ3v) is 3.76. The molecule has 1 aliphatic heterocycles. The van der Waals surface area contributed by atoms with Crippen molar-refractivity contribution in [3.8, 4) is 0 Å². The van der Waals surface area contributed by atoms with E-state index in [0.717, 1.165) is 25.1 Å². The molecule has 2 heteroatoms. The van der Waals surface area contributed by atoms with E-state index in [2.05, 4.69) is 17.4 Å². The average molecular weight is 241 g/mol. The zero-order valence-corrected chi connectivity index (χ0v) is 10.2. The summed E-state index contributed by atoms with van der Waals surface area (Å²) in [4.78, 5) is 0. The summed E-state index contributed by atoms with van der Waals surface area (Å²) in [6.45, 7) is 1.70. The first-order valence-electron chi connectivity index (χ1n) is 6.30. The minimum atomic E-state index is -0.0880. The van der Waals surface area contributed by atoms with E-state index in [1.165, 1.54) is 5.56 Å². The molecule has 0 spiro atoms. The maximum atomic E-state index is 14.0. The van der Waals surface area contributed by atoms with E-state index in [1.807, 2.05) is 30.3 Å². The van der Waals surface area contributed by atoms with Crippen molar-refractivity contribution in [3.05, 3.63) is 71.5 Å². The third-order valence-electron chi connectivity index (χ3n) is 3.76. The summed E-state index contributed by atoms with van der Waals surface area (Å²) >= 11 is 0. The molecular weight excluding hydrogens is 225 g/mol. The predicted octanol–water partition coefficient (Wildman–Crippen LogP) is 2.91. The molecule has 0 saturated carbocycles. The Labute approximate surface area is 107 Å². The highest BCUT2D eigenvalue weighted by molar-refractivity contribution is 5.34. The largest absolute Gasteiger partial charge is 0.315 e. The van der Waals surface area contributed by atoms with Crippen LogP contribution in [0.2, 0.25) is 0 Å². The van der Waals surface area contributed by atoms with Crippen LogP contribution < -0.4 is 5.32 Å². The molecule has 2 aromatic carbocycles. The van der Waals surface area contributed by atoms with Crippen LogP contribution in [0, 0.1) is 5.82 Å². The lowest BCUT2D eigenvalue weighted by atomic mass is 9.71. The van der Waals surface area contributed by atoms with E-state index < -0.39 is 0 Å². The summed E-state index contributed by atoms with van der Waals surface area (Å²) in [6, 6.07) is 17.5. The molecule has 1 nitrogen and oxygen atoms in total. The number of hydrogen-bond acceptors (Lipinski definition) is 1. The van der Waals surface area contributed by atoms with Crippen molar-refractivity contribution < 1.29 is 4.39 Å². The highest BCUT2D eigenvalue weighted by atomic mass is 19.1. The fraction of sp³-hybridized carbons (Fsp3) is 0.250. The Morgan fingerprint density at radius 2 is 1.61 bits per heavy atom. The van der Waals surface area contributed by atoms with Gasteiger partial charge in [-0.2, -0.15) is 0 Å². The number of rotatable bonds is 3. The highest BCUT2D eigenvalue weighted by Crippen LogP contribution is 2.34. The van der Waals surface area contributed by atoms with Crippen molar-refractivity contribution in [2.45, 2.75) is 11.8 Å². The van der Waals surface area contributed by atoms with Crippen molar-refractivity contribution in [3.63, 3.8) is 0 Å². The Morgan fingerprint density at radius 1 is 0.944 bits per heavy atom. The number of hydrogen-bond donors (Lipinski definition) is 1. The maximum absolute atomic E-state index is 14.0. The molecule has 0 bridgehead atoms. The van der Waals surface area contributed by atoms with Crippen molar-refractivity contribution in [2.24, 2.45) is 0 Å². The van der Waals surface area contributed by atoms with E-state index in [9.17, 15) is 4.39 Å². The van der Waals surface area contributed by atoms with Crippen LogP contribution >= 0.6 is 0 Å². The molecule has 0 aliphatic carbocycles. The monoisotopic (exact) mass is 241 g/mol. The standard InChI is InChI=1S/C16H16FN/c17-15-9-5-4-8-14(15)16(11-18-12-16)10-13-6-2-1-3-7-13/h1-9,18H,10-12H2. The molecule has 18 heavy (non-hydrogen) atoms. The van der Waals surface area contributed by atoms with Gasteiger partial charge in [-0.15, -0.1) is 0 Å². The lowest BCUT2D eigenvalue weighted by Crippen LogP contribution is -2.58. The third kappa shape index (κ3) is 1.93. The molecule has 1 N–H and O–H groups in total. The predicted molar refractivity (Wildman–Crippen MR) is 71.1 cm³/mol. The molecule has 1 saturated heterocycles. The topological polar surface area (TPSA) is 12.0 Å². The van der Waals surface area contributed by atoms with Gasteiger partial charge >= 0.3 is 0 Å². The van der Waals surface area contributed by atoms with Gasteiger partial charge in [0, 0.05) is 18.5 Å². The van der Waals surface area contributed by atoms with Crippen molar-refractivity contribution in [1.82, 2.24) is 5.32 Å². The fourth-order valence-corrected chi connectivity index (χ4v) is 2.72. The van der Waals surface area contributed by atoms with Gasteiger partial charge in [-0.3, -0.25) is 0 Å². The molecule has 0 unspecified atom stereocenters. The van der Waals surface area contributed by atoms with Crippen LogP contribution in [-0.4, -0.2) is 13.1 Å². The normalized spacial score (nSPS) is 17.2. The van der Waals surface area contributed by atoms with Crippen LogP contribution in [-0.2, 0) is 11.8 Å². The second kappa shape index (κ2) is 4.54. The van der Waals surface area contributed by atoms with Gasteiger partial charge in [-0.05, 0) is 23.6 Å². The molecule has 92 valence electrons. The number of benzene rings is 2. The maximum Gasteiger partial charge on any atom is 0.127 e. The van der Waals surface area contributed by atoms with E-state index in [1.54, 1.807) is 12.1 Å². The molecule has 0 radical (unpaired) electrons. The molecule has 0 aromatic heterocycles. The molecule has 3 rings (SSSR count). The molecule has 1 aliphatic rings. The summed E-state index contributed by atoms with van der Waals surface area (Å²) < 4.78 is 14.0. The first kappa shape index (κ1) is 11.4. The van der Waals surface area contributed by atoms with E-state index in [-0.39, 0.29) is 11.2 Å². The van der Waals surface area contributed by atoms with Gasteiger partial charge in [-0.25, -0.2) is 4.39 Å². The Hall–Kier alpha value is -1.67. The minimum Gasteiger partial charge on any atom is -0.315 e. The van der Waals surface area contributed by atoms with Crippen LogP contribution in [0.15, 0.2) is 54.6 Å². The minimum absolute atomic E-state index is 0.0767. The van der Waals surface area contributed by atoms with Crippen LogP contribution in [0.5, 0.6) is 0 Å². The lowest BCUT2D eigenvalue weighted by molar-refractivity contribution is 0.266. The van der Waals surface area contributed by atoms with E-state index in [4.69, 9.17) is 0 Å². The molecule has 1 fully saturated rings. The molecular formula is C16H16FN. The Kier molecular flexibility index (Phi) is 2.88. The Bertz CT molecular complexity index is 532. The van der Waals surface area contributed by atoms with Crippen molar-refractivity contribution in [1.29, 1.82) is 0 Å². The van der Waals surface area contributed by atoms with Gasteiger partial charge in [0.05, 0.1) is 0 Å². The van der Waals surface area contributed by atoms with Crippen LogP contribution in [0.3, 0.4) is 0 Å². The quantitative estimate of drug-likeness (QED) is 0.871. The van der Waals surface area contributed by atoms with Gasteiger partial charge < -0.3 is 5.32 Å². The van der Waals surface area contributed by atoms with Crippen LogP contribution in [0.4, 0.5) is 4.39 Å². The number of halogens is 1. The molecule has 0 atom stereocenters. The van der Waals surface area contributed by atoms with Crippen molar-refractivity contribution in [2.75, 3.05) is 13.1 Å². The first-order valence-corrected chi connectivity index (χ1v) is 6.30. The van der Waals surface area contributed by atoms with Crippen molar-refractivity contribution >= 4 is 0 Å². The molecule has 1 heterocycles. The van der Waals surface area contributed by atoms with Gasteiger partial charge in [0.25, 0.3) is 0 Å². The molecule has 2 aromatic rings. The van der Waals surface area contributed by atoms with Crippen LogP contribution in [0.25, 0.3) is 0 Å². The van der Waals surface area contributed by atoms with E-state index in [0.29, 0.717) is 0 Å². The summed E-state index contributed by atoms with van der Waals surface area (Å²) in [5.41, 5.74) is 2.03. The van der Waals surface area contributed by atoms with Gasteiger partial charge in [-0.1, -0.05) is 48.5 Å². The SMILES string of the molecule is Fc1ccccc1C1(Cc2ccccc2)CNC1. The summed E-state index contributed by atoms with van der Waals surface area (Å²) in [5.74, 6) is -0.0880. The summed E-state index contributed by atoms with van der Waals surface area (Å²) in [7, 11) is 0. The van der Waals surface area contributed by atoms with E-state index >= 15 is 0 Å². The van der Waals surface area contributed by atoms with Gasteiger partial charge in [0.1, 0.15) is 5.82 Å². The highest BCUT2D eigenvalue weighted by Gasteiger charge is 2.40. The zero-order valence-electron chi connectivity index (χ0n) is 10.2. The smallest absolute Gasteiger partial charge is 0.127 e. The molecule has 0 amide bonds. The summed E-state index contributed by atoms with van der Waals surface area (Å²) in [5, 5.41) is 3.28. The second-order valence-electron chi connectivity index (χ2n) is 5.03. The lowest BCUT2D eigenvalue weighted by Gasteiger charge is -2.43. The zero-order chi connectivity index (χ0) is 12.4. The van der Waals surface area contributed by atoms with Crippen LogP contribution in [0.1, 0.15) is 11.1 Å².